The average Bonchev–Trinajstić information content (AvgIpc) is 2.70. The number of nitrogens with one attached hydrogen (secondary N) is 1. The molecule has 2 N–H and O–H groups in total. The zero-order valence-corrected chi connectivity index (χ0v) is 16.9. The Morgan fingerprint density at radius 2 is 1.11 bits per heavy atom. The van der Waals surface area contributed by atoms with E-state index < -0.39 is 22.3 Å². The van der Waals surface area contributed by atoms with E-state index in [0.29, 0.717) is 0 Å². The Morgan fingerprint density at radius 3 is 1.36 bits per heavy atom. The van der Waals surface area contributed by atoms with E-state index in [9.17, 15) is 9.90 Å². The molecule has 0 saturated heterocycles. The van der Waals surface area contributed by atoms with Crippen LogP contribution in [-0.4, -0.2) is 21.9 Å². The fourth-order valence-electron chi connectivity index (χ4n) is 3.57. The van der Waals surface area contributed by atoms with Crippen molar-refractivity contribution in [3.05, 3.63) is 108 Å². The second-order valence-electron chi connectivity index (χ2n) is 7.42. The van der Waals surface area contributed by atoms with Crippen LogP contribution in [-0.2, 0) is 10.3 Å². The Morgan fingerprint density at radius 1 is 0.786 bits per heavy atom. The minimum absolute atomic E-state index is 0.782. The monoisotopic (exact) mass is 391 g/mol. The van der Waals surface area contributed by atoms with Crippen LogP contribution < -0.4 is 5.32 Å². The highest BCUT2D eigenvalue weighted by Crippen LogP contribution is 2.38. The fourth-order valence-corrected chi connectivity index (χ4v) is 3.75. The third-order valence-electron chi connectivity index (χ3n) is 4.93. The van der Waals surface area contributed by atoms with Crippen molar-refractivity contribution in [3.63, 3.8) is 0 Å². The number of carbonyl (C=O) groups is 1. The van der Waals surface area contributed by atoms with Gasteiger partial charge in [0.1, 0.15) is 6.04 Å². The molecule has 3 nitrogen and oxygen atoms in total. The van der Waals surface area contributed by atoms with Crippen LogP contribution in [0, 0.1) is 0 Å². The molecule has 3 rings (SSSR count). The molecule has 0 saturated carbocycles. The van der Waals surface area contributed by atoms with Crippen LogP contribution in [0.4, 0.5) is 0 Å². The minimum Gasteiger partial charge on any atom is -0.480 e. The smallest absolute Gasteiger partial charge is 0.322 e. The molecule has 0 aliphatic heterocycles. The Kier molecular flexibility index (Phi) is 5.92. The van der Waals surface area contributed by atoms with Gasteiger partial charge in [-0.3, -0.25) is 10.1 Å². The van der Waals surface area contributed by atoms with Crippen molar-refractivity contribution in [2.75, 3.05) is 0 Å². The lowest BCUT2D eigenvalue weighted by molar-refractivity contribution is -0.140. The van der Waals surface area contributed by atoms with Crippen LogP contribution in [0.2, 0.25) is 0 Å². The van der Waals surface area contributed by atoms with Gasteiger partial charge in [-0.25, -0.2) is 0 Å². The molecule has 0 unspecified atom stereocenters. The summed E-state index contributed by atoms with van der Waals surface area (Å²) in [4.78, 5) is 12.2. The van der Waals surface area contributed by atoms with Crippen LogP contribution in [0.25, 0.3) is 0 Å². The van der Waals surface area contributed by atoms with Gasteiger partial charge in [-0.1, -0.05) is 91.0 Å². The van der Waals surface area contributed by atoms with E-state index in [2.05, 4.69) is 17.9 Å². The number of aliphatic carboxylic acids is 1. The van der Waals surface area contributed by atoms with E-state index in [1.54, 1.807) is 0 Å². The number of carboxylic acid groups (broad SMARTS) is 1. The molecular weight excluding hydrogens is 366 g/mol. The highest BCUT2D eigenvalue weighted by atomic mass is 32.1. The van der Waals surface area contributed by atoms with Gasteiger partial charge < -0.3 is 5.11 Å². The first-order valence-corrected chi connectivity index (χ1v) is 9.70. The molecule has 0 aliphatic carbocycles. The Bertz CT molecular complexity index is 809. The zero-order valence-electron chi connectivity index (χ0n) is 16.0. The van der Waals surface area contributed by atoms with E-state index in [0.717, 1.165) is 16.7 Å². The summed E-state index contributed by atoms with van der Waals surface area (Å²) in [6, 6.07) is 29.0. The molecule has 0 heterocycles. The van der Waals surface area contributed by atoms with Gasteiger partial charge in [0.15, 0.2) is 0 Å². The lowest BCUT2D eigenvalue weighted by atomic mass is 9.76. The van der Waals surface area contributed by atoms with Crippen molar-refractivity contribution in [2.24, 2.45) is 0 Å². The number of carboxylic acids is 1. The first-order valence-electron chi connectivity index (χ1n) is 9.25. The van der Waals surface area contributed by atoms with E-state index in [1.165, 1.54) is 0 Å². The van der Waals surface area contributed by atoms with Crippen molar-refractivity contribution in [3.8, 4) is 0 Å². The Labute approximate surface area is 171 Å². The molecule has 3 aromatic rings. The summed E-state index contributed by atoms with van der Waals surface area (Å²) in [5, 5.41) is 13.5. The summed E-state index contributed by atoms with van der Waals surface area (Å²) in [6.07, 6.45) is 0. The van der Waals surface area contributed by atoms with Crippen molar-refractivity contribution in [2.45, 2.75) is 30.2 Å². The van der Waals surface area contributed by atoms with E-state index in [4.69, 9.17) is 0 Å². The van der Waals surface area contributed by atoms with Gasteiger partial charge in [-0.2, -0.15) is 12.6 Å². The van der Waals surface area contributed by atoms with Crippen LogP contribution in [0.3, 0.4) is 0 Å². The number of hydrogen-bond acceptors (Lipinski definition) is 3. The Hall–Kier alpha value is -2.56. The average molecular weight is 392 g/mol. The number of hydrogen-bond donors (Lipinski definition) is 3. The molecule has 0 spiro atoms. The third kappa shape index (κ3) is 3.98. The molecule has 0 amide bonds. The summed E-state index contributed by atoms with van der Waals surface area (Å²) in [5.41, 5.74) is 2.07. The van der Waals surface area contributed by atoms with Crippen LogP contribution in [0.5, 0.6) is 0 Å². The van der Waals surface area contributed by atoms with E-state index >= 15 is 0 Å². The van der Waals surface area contributed by atoms with Gasteiger partial charge in [-0.15, -0.1) is 0 Å². The first-order chi connectivity index (χ1) is 13.4. The van der Waals surface area contributed by atoms with Crippen molar-refractivity contribution in [1.82, 2.24) is 5.32 Å². The summed E-state index contributed by atoms with van der Waals surface area (Å²) in [5.74, 6) is -0.938. The lowest BCUT2D eigenvalue weighted by Gasteiger charge is -2.42. The molecule has 3 aromatic carbocycles. The first kappa shape index (κ1) is 20.2. The van der Waals surface area contributed by atoms with Crippen LogP contribution in [0.1, 0.15) is 30.5 Å². The number of rotatable bonds is 7. The molecule has 4 heteroatoms. The normalized spacial score (nSPS) is 13.1. The summed E-state index contributed by atoms with van der Waals surface area (Å²) < 4.78 is -0.782. The highest BCUT2D eigenvalue weighted by molar-refractivity contribution is 7.81. The number of benzene rings is 3. The maximum atomic E-state index is 12.2. The van der Waals surface area contributed by atoms with Gasteiger partial charge >= 0.3 is 5.97 Å². The third-order valence-corrected chi connectivity index (χ3v) is 5.19. The highest BCUT2D eigenvalue weighted by Gasteiger charge is 2.43. The quantitative estimate of drug-likeness (QED) is 0.403. The summed E-state index contributed by atoms with van der Waals surface area (Å²) in [7, 11) is 0. The Balaban J connectivity index is 2.33. The molecule has 0 aliphatic rings. The second-order valence-corrected chi connectivity index (χ2v) is 8.57. The molecule has 0 aromatic heterocycles. The molecular formula is C24H25NO2S. The molecule has 0 bridgehead atoms. The lowest BCUT2D eigenvalue weighted by Crippen LogP contribution is -2.58. The standard InChI is InChI=1S/C24H25NO2S/c1-23(2,28)21(22(26)27)25-24(18-12-6-3-7-13-18,19-14-8-4-9-15-19)20-16-10-5-11-17-20/h3-17,21,25,28H,1-2H3,(H,26,27)/t21-/m1/s1. The fraction of sp³-hybridized carbons (Fsp3) is 0.208. The topological polar surface area (TPSA) is 49.3 Å². The van der Waals surface area contributed by atoms with Gasteiger partial charge in [-0.05, 0) is 30.5 Å². The second kappa shape index (κ2) is 8.21. The van der Waals surface area contributed by atoms with Gasteiger partial charge in [0.05, 0.1) is 5.54 Å². The maximum Gasteiger partial charge on any atom is 0.322 e. The van der Waals surface area contributed by atoms with Gasteiger partial charge in [0.25, 0.3) is 0 Å². The molecule has 0 radical (unpaired) electrons. The van der Waals surface area contributed by atoms with Crippen LogP contribution in [0.15, 0.2) is 91.0 Å². The minimum atomic E-state index is -0.938. The maximum absolute atomic E-state index is 12.2. The zero-order chi connectivity index (χ0) is 20.2. The van der Waals surface area contributed by atoms with Crippen LogP contribution >= 0.6 is 12.6 Å². The van der Waals surface area contributed by atoms with Crippen molar-refractivity contribution >= 4 is 18.6 Å². The van der Waals surface area contributed by atoms with E-state index in [-0.39, 0.29) is 0 Å². The van der Waals surface area contributed by atoms with Gasteiger partial charge in [0.2, 0.25) is 0 Å². The van der Waals surface area contributed by atoms with Gasteiger partial charge in [0, 0.05) is 4.75 Å². The SMILES string of the molecule is CC(C)(S)[C@H](NC(c1ccccc1)(c1ccccc1)c1ccccc1)C(=O)O. The molecule has 0 fully saturated rings. The summed E-state index contributed by atoms with van der Waals surface area (Å²) in [6.45, 7) is 3.63. The predicted octanol–water partition coefficient (Wildman–Crippen LogP) is 4.73. The van der Waals surface area contributed by atoms with E-state index in [1.807, 2.05) is 105 Å². The largest absolute Gasteiger partial charge is 0.480 e. The molecule has 28 heavy (non-hydrogen) atoms. The predicted molar refractivity (Wildman–Crippen MR) is 117 cm³/mol. The number of thiol groups is 1. The van der Waals surface area contributed by atoms with Crippen molar-refractivity contribution < 1.29 is 9.90 Å². The summed E-state index contributed by atoms with van der Waals surface area (Å²) >= 11 is 4.59. The van der Waals surface area contributed by atoms with Crippen molar-refractivity contribution in [1.29, 1.82) is 0 Å². The molecule has 1 atom stereocenters. The molecule has 144 valence electrons.